The van der Waals surface area contributed by atoms with E-state index in [1.54, 1.807) is 0 Å². The zero-order valence-electron chi connectivity index (χ0n) is 9.77. The molecule has 0 heterocycles. The first-order valence-electron chi connectivity index (χ1n) is 5.12. The van der Waals surface area contributed by atoms with Crippen LogP contribution in [-0.4, -0.2) is 11.9 Å². The second kappa shape index (κ2) is 4.64. The Hall–Kier alpha value is -0.530. The summed E-state index contributed by atoms with van der Waals surface area (Å²) in [4.78, 5) is 11.7. The van der Waals surface area contributed by atoms with Gasteiger partial charge in [0, 0.05) is 11.5 Å². The van der Waals surface area contributed by atoms with Gasteiger partial charge >= 0.3 is 0 Å². The number of amides is 1. The Kier molecular flexibility index (Phi) is 4.45. The van der Waals surface area contributed by atoms with Crippen LogP contribution in [0.25, 0.3) is 0 Å². The maximum atomic E-state index is 11.7. The minimum Gasteiger partial charge on any atom is -0.353 e. The molecule has 1 amide bonds. The maximum absolute atomic E-state index is 11.7. The maximum Gasteiger partial charge on any atom is 0.225 e. The van der Waals surface area contributed by atoms with Crippen LogP contribution in [0.4, 0.5) is 0 Å². The summed E-state index contributed by atoms with van der Waals surface area (Å²) in [6.45, 7) is 12.3. The molecule has 0 aromatic heterocycles. The molecular formula is C11H23NO. The third-order valence-electron chi connectivity index (χ3n) is 2.86. The van der Waals surface area contributed by atoms with Crippen molar-refractivity contribution in [1.29, 1.82) is 0 Å². The summed E-state index contributed by atoms with van der Waals surface area (Å²) in [7, 11) is 0. The molecule has 13 heavy (non-hydrogen) atoms. The van der Waals surface area contributed by atoms with Crippen LogP contribution >= 0.6 is 0 Å². The Morgan fingerprint density at radius 2 is 1.77 bits per heavy atom. The molecule has 0 saturated heterocycles. The third-order valence-corrected chi connectivity index (χ3v) is 2.86. The van der Waals surface area contributed by atoms with Gasteiger partial charge in [-0.2, -0.15) is 0 Å². The van der Waals surface area contributed by atoms with Gasteiger partial charge in [-0.25, -0.2) is 0 Å². The van der Waals surface area contributed by atoms with Crippen LogP contribution in [0.2, 0.25) is 0 Å². The molecule has 0 saturated carbocycles. The van der Waals surface area contributed by atoms with E-state index in [9.17, 15) is 4.79 Å². The number of hydrogen-bond acceptors (Lipinski definition) is 1. The van der Waals surface area contributed by atoms with Crippen LogP contribution in [0.1, 0.15) is 48.0 Å². The van der Waals surface area contributed by atoms with Gasteiger partial charge in [0.05, 0.1) is 0 Å². The van der Waals surface area contributed by atoms with Gasteiger partial charge in [-0.1, -0.05) is 34.6 Å². The van der Waals surface area contributed by atoms with E-state index in [2.05, 4.69) is 19.2 Å². The Balaban J connectivity index is 4.15. The zero-order valence-corrected chi connectivity index (χ0v) is 9.77. The van der Waals surface area contributed by atoms with Crippen molar-refractivity contribution < 1.29 is 4.79 Å². The largest absolute Gasteiger partial charge is 0.353 e. The van der Waals surface area contributed by atoms with Gasteiger partial charge in [0.25, 0.3) is 0 Å². The predicted octanol–water partition coefficient (Wildman–Crippen LogP) is 2.58. The van der Waals surface area contributed by atoms with E-state index in [4.69, 9.17) is 0 Å². The molecule has 0 fully saturated rings. The van der Waals surface area contributed by atoms with E-state index in [0.29, 0.717) is 5.92 Å². The summed E-state index contributed by atoms with van der Waals surface area (Å²) < 4.78 is 0. The highest BCUT2D eigenvalue weighted by molar-refractivity contribution is 5.81. The SMILES string of the molecule is CCC(C)(C)C(=O)NC(C)C(C)C. The highest BCUT2D eigenvalue weighted by atomic mass is 16.2. The van der Waals surface area contributed by atoms with Crippen LogP contribution < -0.4 is 5.32 Å². The standard InChI is InChI=1S/C11H23NO/c1-7-11(5,6)10(13)12-9(4)8(2)3/h8-9H,7H2,1-6H3,(H,12,13). The van der Waals surface area contributed by atoms with Crippen LogP contribution in [0.15, 0.2) is 0 Å². The van der Waals surface area contributed by atoms with Crippen LogP contribution in [-0.2, 0) is 4.79 Å². The summed E-state index contributed by atoms with van der Waals surface area (Å²) in [5.41, 5.74) is -0.233. The second-order valence-electron chi connectivity index (χ2n) is 4.74. The lowest BCUT2D eigenvalue weighted by Crippen LogP contribution is -2.43. The molecule has 78 valence electrons. The van der Waals surface area contributed by atoms with E-state index < -0.39 is 0 Å². The normalized spacial score (nSPS) is 14.4. The average molecular weight is 185 g/mol. The van der Waals surface area contributed by atoms with Crippen molar-refractivity contribution in [2.45, 2.75) is 54.0 Å². The molecule has 0 rings (SSSR count). The van der Waals surface area contributed by atoms with E-state index >= 15 is 0 Å². The van der Waals surface area contributed by atoms with Crippen LogP contribution in [0, 0.1) is 11.3 Å². The molecule has 0 bridgehead atoms. The van der Waals surface area contributed by atoms with E-state index in [1.165, 1.54) is 0 Å². The van der Waals surface area contributed by atoms with Crippen molar-refractivity contribution in [1.82, 2.24) is 5.32 Å². The summed E-state index contributed by atoms with van der Waals surface area (Å²) in [6, 6.07) is 0.262. The van der Waals surface area contributed by atoms with Gasteiger partial charge in [0.1, 0.15) is 0 Å². The molecule has 0 aliphatic rings. The molecule has 1 N–H and O–H groups in total. The lowest BCUT2D eigenvalue weighted by atomic mass is 9.88. The third kappa shape index (κ3) is 3.79. The quantitative estimate of drug-likeness (QED) is 0.716. The molecular weight excluding hydrogens is 162 g/mol. The topological polar surface area (TPSA) is 29.1 Å². The fraction of sp³-hybridized carbons (Fsp3) is 0.909. The minimum absolute atomic E-state index is 0.163. The summed E-state index contributed by atoms with van der Waals surface area (Å²) in [6.07, 6.45) is 0.879. The molecule has 2 heteroatoms. The Labute approximate surface area is 82.1 Å². The fourth-order valence-electron chi connectivity index (χ4n) is 0.729. The molecule has 0 radical (unpaired) electrons. The van der Waals surface area contributed by atoms with Gasteiger partial charge in [-0.15, -0.1) is 0 Å². The van der Waals surface area contributed by atoms with Gasteiger partial charge in [-0.05, 0) is 19.3 Å². The lowest BCUT2D eigenvalue weighted by Gasteiger charge is -2.26. The predicted molar refractivity (Wildman–Crippen MR) is 56.5 cm³/mol. The van der Waals surface area contributed by atoms with E-state index in [-0.39, 0.29) is 17.4 Å². The molecule has 0 aliphatic heterocycles. The molecule has 1 atom stereocenters. The minimum atomic E-state index is -0.233. The van der Waals surface area contributed by atoms with Crippen molar-refractivity contribution in [2.24, 2.45) is 11.3 Å². The molecule has 2 nitrogen and oxygen atoms in total. The van der Waals surface area contributed by atoms with Gasteiger partial charge < -0.3 is 5.32 Å². The van der Waals surface area contributed by atoms with Crippen molar-refractivity contribution in [2.75, 3.05) is 0 Å². The summed E-state index contributed by atoms with van der Waals surface area (Å²) in [5, 5.41) is 3.03. The first-order valence-corrected chi connectivity index (χ1v) is 5.12. The highest BCUT2D eigenvalue weighted by Crippen LogP contribution is 2.20. The number of rotatable bonds is 4. The number of carbonyl (C=O) groups excluding carboxylic acids is 1. The van der Waals surface area contributed by atoms with Crippen molar-refractivity contribution in [3.05, 3.63) is 0 Å². The average Bonchev–Trinajstić information content (AvgIpc) is 2.04. The fourth-order valence-corrected chi connectivity index (χ4v) is 0.729. The Bertz CT molecular complexity index is 173. The highest BCUT2D eigenvalue weighted by Gasteiger charge is 2.26. The number of hydrogen-bond donors (Lipinski definition) is 1. The van der Waals surface area contributed by atoms with Crippen LogP contribution in [0.5, 0.6) is 0 Å². The van der Waals surface area contributed by atoms with Crippen LogP contribution in [0.3, 0.4) is 0 Å². The first kappa shape index (κ1) is 12.5. The van der Waals surface area contributed by atoms with Gasteiger partial charge in [-0.3, -0.25) is 4.79 Å². The van der Waals surface area contributed by atoms with Crippen molar-refractivity contribution in [3.8, 4) is 0 Å². The molecule has 0 aromatic rings. The van der Waals surface area contributed by atoms with Gasteiger partial charge in [0.15, 0.2) is 0 Å². The second-order valence-corrected chi connectivity index (χ2v) is 4.74. The number of nitrogens with one attached hydrogen (secondary N) is 1. The molecule has 0 aliphatic carbocycles. The number of carbonyl (C=O) groups is 1. The lowest BCUT2D eigenvalue weighted by molar-refractivity contribution is -0.130. The van der Waals surface area contributed by atoms with Gasteiger partial charge in [0.2, 0.25) is 5.91 Å². The molecule has 1 unspecified atom stereocenters. The zero-order chi connectivity index (χ0) is 10.6. The summed E-state index contributed by atoms with van der Waals surface area (Å²) >= 11 is 0. The molecule has 0 spiro atoms. The smallest absolute Gasteiger partial charge is 0.225 e. The van der Waals surface area contributed by atoms with E-state index in [1.807, 2.05) is 27.7 Å². The Morgan fingerprint density at radius 3 is 2.08 bits per heavy atom. The van der Waals surface area contributed by atoms with Crippen molar-refractivity contribution >= 4 is 5.91 Å². The Morgan fingerprint density at radius 1 is 1.31 bits per heavy atom. The summed E-state index contributed by atoms with van der Waals surface area (Å²) in [5.74, 6) is 0.660. The monoisotopic (exact) mass is 185 g/mol. The molecule has 0 aromatic carbocycles. The first-order chi connectivity index (χ1) is 5.81. The van der Waals surface area contributed by atoms with E-state index in [0.717, 1.165) is 6.42 Å². The van der Waals surface area contributed by atoms with Crippen molar-refractivity contribution in [3.63, 3.8) is 0 Å².